The summed E-state index contributed by atoms with van der Waals surface area (Å²) in [6, 6.07) is 13.1. The smallest absolute Gasteiger partial charge is 0.345 e. The van der Waals surface area contributed by atoms with Gasteiger partial charge in [-0.2, -0.15) is 5.26 Å². The Kier molecular flexibility index (Phi) is 3.01. The lowest BCUT2D eigenvalue weighted by atomic mass is 10.2. The molecule has 5 heteroatoms. The molecule has 98 valence electrons. The van der Waals surface area contributed by atoms with Crippen molar-refractivity contribution in [3.05, 3.63) is 57.9 Å². The Hall–Kier alpha value is -2.58. The number of benzene rings is 1. The molecule has 0 saturated heterocycles. The number of hydrogen-bond donors (Lipinski definition) is 1. The van der Waals surface area contributed by atoms with Crippen molar-refractivity contribution in [2.45, 2.75) is 6.54 Å². The molecular formula is C15H10N2O2S. The van der Waals surface area contributed by atoms with Crippen LogP contribution in [-0.2, 0) is 6.54 Å². The highest BCUT2D eigenvalue weighted by Crippen LogP contribution is 2.22. The molecule has 0 radical (unpaired) electrons. The molecule has 2 heterocycles. The third kappa shape index (κ3) is 2.17. The van der Waals surface area contributed by atoms with Gasteiger partial charge in [-0.15, -0.1) is 11.3 Å². The van der Waals surface area contributed by atoms with Gasteiger partial charge in [0.05, 0.1) is 18.2 Å². The van der Waals surface area contributed by atoms with E-state index in [9.17, 15) is 4.79 Å². The molecule has 0 fully saturated rings. The molecule has 0 bridgehead atoms. The van der Waals surface area contributed by atoms with E-state index in [1.807, 2.05) is 35.0 Å². The highest BCUT2D eigenvalue weighted by molar-refractivity contribution is 7.13. The van der Waals surface area contributed by atoms with Gasteiger partial charge < -0.3 is 9.67 Å². The van der Waals surface area contributed by atoms with Crippen LogP contribution in [-0.4, -0.2) is 15.6 Å². The van der Waals surface area contributed by atoms with E-state index in [0.29, 0.717) is 17.0 Å². The maximum absolute atomic E-state index is 10.9. The number of hydrogen-bond acceptors (Lipinski definition) is 3. The van der Waals surface area contributed by atoms with Crippen molar-refractivity contribution in [2.24, 2.45) is 0 Å². The lowest BCUT2D eigenvalue weighted by Crippen LogP contribution is -1.95. The molecule has 4 nitrogen and oxygen atoms in total. The molecule has 0 atom stereocenters. The average molecular weight is 282 g/mol. The lowest BCUT2D eigenvalue weighted by molar-refractivity contribution is 0.0702. The minimum absolute atomic E-state index is 0.350. The zero-order chi connectivity index (χ0) is 14.1. The first-order chi connectivity index (χ1) is 9.67. The summed E-state index contributed by atoms with van der Waals surface area (Å²) < 4.78 is 2.05. The first-order valence-electron chi connectivity index (χ1n) is 5.98. The van der Waals surface area contributed by atoms with E-state index in [2.05, 4.69) is 6.07 Å². The number of aromatic nitrogens is 1. The van der Waals surface area contributed by atoms with E-state index in [1.54, 1.807) is 12.1 Å². The molecule has 0 amide bonds. The topological polar surface area (TPSA) is 66.0 Å². The third-order valence-corrected chi connectivity index (χ3v) is 4.16. The number of fused-ring (bicyclic) bond motifs is 1. The molecular weight excluding hydrogens is 272 g/mol. The van der Waals surface area contributed by atoms with Gasteiger partial charge in [-0.05, 0) is 36.4 Å². The molecule has 0 spiro atoms. The standard InChI is InChI=1S/C15H10N2O2S/c16-8-10-1-3-13-11(7-10)5-6-17(13)9-12-2-4-14(20-12)15(18)19/h1-7H,9H2,(H,18,19). The Balaban J connectivity index is 1.94. The van der Waals surface area contributed by atoms with Crippen LogP contribution in [0.1, 0.15) is 20.1 Å². The highest BCUT2D eigenvalue weighted by atomic mass is 32.1. The van der Waals surface area contributed by atoms with Crippen molar-refractivity contribution < 1.29 is 9.90 Å². The Labute approximate surface area is 119 Å². The maximum atomic E-state index is 10.9. The summed E-state index contributed by atoms with van der Waals surface area (Å²) in [5.41, 5.74) is 1.67. The van der Waals surface area contributed by atoms with E-state index in [4.69, 9.17) is 10.4 Å². The van der Waals surface area contributed by atoms with Crippen molar-refractivity contribution in [1.29, 1.82) is 5.26 Å². The second-order valence-corrected chi connectivity index (χ2v) is 5.57. The van der Waals surface area contributed by atoms with Crippen LogP contribution in [0, 0.1) is 11.3 Å². The van der Waals surface area contributed by atoms with Crippen molar-refractivity contribution in [2.75, 3.05) is 0 Å². The number of aromatic carboxylic acids is 1. The van der Waals surface area contributed by atoms with Crippen LogP contribution in [0.4, 0.5) is 0 Å². The molecule has 0 unspecified atom stereocenters. The van der Waals surface area contributed by atoms with Crippen molar-refractivity contribution in [3.8, 4) is 6.07 Å². The first kappa shape index (κ1) is 12.5. The van der Waals surface area contributed by atoms with E-state index >= 15 is 0 Å². The Morgan fingerprint density at radius 2 is 2.15 bits per heavy atom. The molecule has 0 aliphatic rings. The zero-order valence-corrected chi connectivity index (χ0v) is 11.2. The van der Waals surface area contributed by atoms with Gasteiger partial charge in [0.25, 0.3) is 0 Å². The van der Waals surface area contributed by atoms with Gasteiger partial charge in [-0.1, -0.05) is 0 Å². The first-order valence-corrected chi connectivity index (χ1v) is 6.80. The van der Waals surface area contributed by atoms with Crippen LogP contribution in [0.2, 0.25) is 0 Å². The minimum Gasteiger partial charge on any atom is -0.477 e. The zero-order valence-electron chi connectivity index (χ0n) is 10.4. The number of nitrogens with zero attached hydrogens (tertiary/aromatic N) is 2. The summed E-state index contributed by atoms with van der Waals surface area (Å²) in [6.45, 7) is 0.632. The van der Waals surface area contributed by atoms with E-state index in [0.717, 1.165) is 15.8 Å². The van der Waals surface area contributed by atoms with Gasteiger partial charge in [0.2, 0.25) is 0 Å². The number of nitriles is 1. The summed E-state index contributed by atoms with van der Waals surface area (Å²) in [5.74, 6) is -0.891. The fourth-order valence-corrected chi connectivity index (χ4v) is 3.00. The quantitative estimate of drug-likeness (QED) is 0.801. The van der Waals surface area contributed by atoms with Crippen LogP contribution in [0.3, 0.4) is 0 Å². The molecule has 0 saturated carbocycles. The summed E-state index contributed by atoms with van der Waals surface area (Å²) in [6.07, 6.45) is 1.95. The summed E-state index contributed by atoms with van der Waals surface area (Å²) in [5, 5.41) is 18.8. The van der Waals surface area contributed by atoms with Gasteiger partial charge in [0, 0.05) is 22.0 Å². The maximum Gasteiger partial charge on any atom is 0.345 e. The van der Waals surface area contributed by atoms with Crippen molar-refractivity contribution >= 4 is 28.2 Å². The van der Waals surface area contributed by atoms with Gasteiger partial charge in [0.15, 0.2) is 0 Å². The Morgan fingerprint density at radius 1 is 1.30 bits per heavy atom. The molecule has 3 rings (SSSR count). The number of carboxylic acid groups (broad SMARTS) is 1. The second kappa shape index (κ2) is 4.83. The van der Waals surface area contributed by atoms with Crippen LogP contribution >= 0.6 is 11.3 Å². The lowest BCUT2D eigenvalue weighted by Gasteiger charge is -2.03. The van der Waals surface area contributed by atoms with Crippen LogP contribution in [0.25, 0.3) is 10.9 Å². The summed E-state index contributed by atoms with van der Waals surface area (Å²) in [4.78, 5) is 12.2. The van der Waals surface area contributed by atoms with E-state index in [-0.39, 0.29) is 0 Å². The molecule has 0 aliphatic heterocycles. The molecule has 1 N–H and O–H groups in total. The molecule has 3 aromatic rings. The monoisotopic (exact) mass is 282 g/mol. The largest absolute Gasteiger partial charge is 0.477 e. The number of carbonyl (C=O) groups is 1. The normalized spacial score (nSPS) is 10.6. The van der Waals surface area contributed by atoms with E-state index < -0.39 is 5.97 Å². The number of rotatable bonds is 3. The second-order valence-electron chi connectivity index (χ2n) is 4.40. The Bertz CT molecular complexity index is 839. The number of thiophene rings is 1. The molecule has 1 aromatic carbocycles. The minimum atomic E-state index is -0.891. The van der Waals surface area contributed by atoms with Gasteiger partial charge in [-0.3, -0.25) is 0 Å². The van der Waals surface area contributed by atoms with Crippen LogP contribution in [0.5, 0.6) is 0 Å². The van der Waals surface area contributed by atoms with Crippen molar-refractivity contribution in [1.82, 2.24) is 4.57 Å². The predicted molar refractivity (Wildman–Crippen MR) is 77.0 cm³/mol. The van der Waals surface area contributed by atoms with Crippen molar-refractivity contribution in [3.63, 3.8) is 0 Å². The molecule has 0 aliphatic carbocycles. The fraction of sp³-hybridized carbons (Fsp3) is 0.0667. The van der Waals surface area contributed by atoms with Gasteiger partial charge >= 0.3 is 5.97 Å². The van der Waals surface area contributed by atoms with Crippen LogP contribution < -0.4 is 0 Å². The van der Waals surface area contributed by atoms with Gasteiger partial charge in [0.1, 0.15) is 4.88 Å². The summed E-state index contributed by atoms with van der Waals surface area (Å²) in [7, 11) is 0. The van der Waals surface area contributed by atoms with Gasteiger partial charge in [-0.25, -0.2) is 4.79 Å². The van der Waals surface area contributed by atoms with E-state index in [1.165, 1.54) is 11.3 Å². The number of carboxylic acids is 1. The Morgan fingerprint density at radius 3 is 2.85 bits per heavy atom. The average Bonchev–Trinajstić information content (AvgIpc) is 3.06. The predicted octanol–water partition coefficient (Wildman–Crippen LogP) is 3.32. The molecule has 2 aromatic heterocycles. The fourth-order valence-electron chi connectivity index (χ4n) is 2.15. The van der Waals surface area contributed by atoms with Crippen LogP contribution in [0.15, 0.2) is 42.6 Å². The third-order valence-electron chi connectivity index (χ3n) is 3.10. The molecule has 20 heavy (non-hydrogen) atoms. The summed E-state index contributed by atoms with van der Waals surface area (Å²) >= 11 is 1.28. The highest BCUT2D eigenvalue weighted by Gasteiger charge is 2.08. The SMILES string of the molecule is N#Cc1ccc2c(ccn2Cc2ccc(C(=O)O)s2)c1.